The van der Waals surface area contributed by atoms with Gasteiger partial charge in [-0.2, -0.15) is 0 Å². The molecule has 0 aliphatic carbocycles. The van der Waals surface area contributed by atoms with E-state index in [1.807, 2.05) is 4.90 Å². The molecule has 0 spiro atoms. The van der Waals surface area contributed by atoms with Crippen molar-refractivity contribution in [3.8, 4) is 0 Å². The normalized spacial score (nSPS) is 28.9. The lowest BCUT2D eigenvalue weighted by Gasteiger charge is -2.39. The number of aryl methyl sites for hydroxylation is 1. The van der Waals surface area contributed by atoms with Crippen LogP contribution in [0.25, 0.3) is 11.0 Å². The summed E-state index contributed by atoms with van der Waals surface area (Å²) in [5.74, 6) is -5.31. The molecule has 8 bridgehead atoms. The van der Waals surface area contributed by atoms with Gasteiger partial charge < -0.3 is 15.3 Å². The largest absolute Gasteiger partial charge is 0.389 e. The van der Waals surface area contributed by atoms with E-state index in [2.05, 4.69) is 15.3 Å². The SMILES string of the molecule is C[C@H]1Nc2ncnc3c2cc(C2CCS(=O)(=O)CC2)c(=O)n3CCCCCC(C)(O)CN2CCC(CC2)C(F)(F)c2cccc1c2F. The number of sulfone groups is 1. The molecule has 2 fully saturated rings. The van der Waals surface area contributed by atoms with E-state index in [0.717, 1.165) is 12.5 Å². The highest BCUT2D eigenvalue weighted by molar-refractivity contribution is 7.91. The van der Waals surface area contributed by atoms with Crippen molar-refractivity contribution in [3.05, 3.63) is 63.5 Å². The van der Waals surface area contributed by atoms with Crippen molar-refractivity contribution in [1.82, 2.24) is 19.4 Å². The molecule has 7 rings (SSSR count). The van der Waals surface area contributed by atoms with Crippen molar-refractivity contribution < 1.29 is 26.7 Å². The van der Waals surface area contributed by atoms with E-state index in [9.17, 15) is 18.3 Å². The molecule has 2 aromatic heterocycles. The number of piperidine rings is 1. The summed E-state index contributed by atoms with van der Waals surface area (Å²) < 4.78 is 73.9. The molecule has 9 nitrogen and oxygen atoms in total. The van der Waals surface area contributed by atoms with Crippen LogP contribution in [0.3, 0.4) is 0 Å². The number of aliphatic hydroxyl groups is 1. The fourth-order valence-electron chi connectivity index (χ4n) is 7.63. The summed E-state index contributed by atoms with van der Waals surface area (Å²) in [6.07, 6.45) is 4.98. The van der Waals surface area contributed by atoms with Gasteiger partial charge in [0, 0.05) is 30.1 Å². The predicted octanol–water partition coefficient (Wildman–Crippen LogP) is 5.52. The first kappa shape index (κ1) is 33.9. The van der Waals surface area contributed by atoms with Gasteiger partial charge >= 0.3 is 0 Å². The van der Waals surface area contributed by atoms with Crippen LogP contribution in [-0.4, -0.2) is 69.7 Å². The van der Waals surface area contributed by atoms with Crippen LogP contribution in [0.1, 0.15) is 93.9 Å². The van der Waals surface area contributed by atoms with Crippen LogP contribution in [0.2, 0.25) is 0 Å². The van der Waals surface area contributed by atoms with E-state index in [0.29, 0.717) is 80.7 Å². The molecular formula is C34H44F3N5O4S. The van der Waals surface area contributed by atoms with Crippen LogP contribution < -0.4 is 10.9 Å². The lowest BCUT2D eigenvalue weighted by Crippen LogP contribution is -2.46. The number of hydrogen-bond donors (Lipinski definition) is 2. The first-order valence-corrected chi connectivity index (χ1v) is 18.5. The molecule has 4 aliphatic heterocycles. The third-order valence-corrected chi connectivity index (χ3v) is 12.1. The molecule has 47 heavy (non-hydrogen) atoms. The quantitative estimate of drug-likeness (QED) is 0.346. The van der Waals surface area contributed by atoms with Gasteiger partial charge in [-0.15, -0.1) is 0 Å². The van der Waals surface area contributed by atoms with E-state index in [-0.39, 0.29) is 41.4 Å². The zero-order valence-electron chi connectivity index (χ0n) is 27.0. The molecule has 3 aromatic rings. The zero-order chi connectivity index (χ0) is 33.6. The molecular weight excluding hydrogens is 631 g/mol. The summed E-state index contributed by atoms with van der Waals surface area (Å²) in [5, 5.41) is 14.9. The summed E-state index contributed by atoms with van der Waals surface area (Å²) >= 11 is 0. The van der Waals surface area contributed by atoms with Crippen molar-refractivity contribution in [3.63, 3.8) is 0 Å². The number of pyridine rings is 1. The molecule has 0 saturated carbocycles. The Labute approximate surface area is 273 Å². The first-order chi connectivity index (χ1) is 22.3. The lowest BCUT2D eigenvalue weighted by atomic mass is 9.84. The minimum atomic E-state index is -3.38. The van der Waals surface area contributed by atoms with Crippen molar-refractivity contribution >= 4 is 26.7 Å². The van der Waals surface area contributed by atoms with Gasteiger partial charge in [0.05, 0.1) is 34.1 Å². The van der Waals surface area contributed by atoms with Crippen molar-refractivity contribution in [2.75, 3.05) is 36.5 Å². The maximum atomic E-state index is 16.0. The Morgan fingerprint density at radius 2 is 1.72 bits per heavy atom. The van der Waals surface area contributed by atoms with Crippen LogP contribution in [0.15, 0.2) is 35.4 Å². The highest BCUT2D eigenvalue weighted by Crippen LogP contribution is 2.44. The Kier molecular flexibility index (Phi) is 9.45. The number of anilines is 1. The number of aromatic nitrogens is 3. The summed E-state index contributed by atoms with van der Waals surface area (Å²) in [6, 6.07) is 5.05. The molecule has 6 heterocycles. The molecule has 2 saturated heterocycles. The number of hydrogen-bond acceptors (Lipinski definition) is 8. The van der Waals surface area contributed by atoms with E-state index < -0.39 is 44.7 Å². The lowest BCUT2D eigenvalue weighted by molar-refractivity contribution is -0.0934. The summed E-state index contributed by atoms with van der Waals surface area (Å²) in [4.78, 5) is 24.9. The highest BCUT2D eigenvalue weighted by atomic mass is 32.2. The van der Waals surface area contributed by atoms with E-state index in [4.69, 9.17) is 0 Å². The predicted molar refractivity (Wildman–Crippen MR) is 175 cm³/mol. The summed E-state index contributed by atoms with van der Waals surface area (Å²) in [7, 11) is -3.16. The van der Waals surface area contributed by atoms with Crippen LogP contribution in [0.5, 0.6) is 0 Å². The second-order valence-electron chi connectivity index (χ2n) is 14.0. The van der Waals surface area contributed by atoms with Crippen LogP contribution in [-0.2, 0) is 22.3 Å². The molecule has 256 valence electrons. The molecule has 1 aromatic carbocycles. The van der Waals surface area contributed by atoms with Gasteiger partial charge in [0.25, 0.3) is 11.5 Å². The Morgan fingerprint density at radius 3 is 2.45 bits per heavy atom. The minimum Gasteiger partial charge on any atom is -0.389 e. The number of nitrogens with zero attached hydrogens (tertiary/aromatic N) is 4. The standard InChI is InChI=1S/C34H44F3N5O4S/c1-22-25-7-6-8-28(29(25)35)34(36,37)24-9-15-41(16-10-24)20-33(2,44)13-4-3-5-14-42-31-27(30(40-22)38-21-39-31)19-26(32(42)43)23-11-17-47(45,46)18-12-23/h6-8,19,21-24,44H,3-5,9-18,20H2,1-2H3,(H,38,39,40)/t22-,33?/m1/s1. The molecule has 0 amide bonds. The monoisotopic (exact) mass is 675 g/mol. The maximum absolute atomic E-state index is 16.0. The maximum Gasteiger partial charge on any atom is 0.278 e. The van der Waals surface area contributed by atoms with Gasteiger partial charge in [-0.05, 0) is 77.4 Å². The average molecular weight is 676 g/mol. The first-order valence-electron chi connectivity index (χ1n) is 16.7. The minimum absolute atomic E-state index is 0.00103. The number of rotatable bonds is 1. The van der Waals surface area contributed by atoms with Crippen molar-refractivity contribution in [2.45, 2.75) is 95.2 Å². The third kappa shape index (κ3) is 7.07. The Bertz CT molecular complexity index is 1780. The molecule has 1 unspecified atom stereocenters. The second-order valence-corrected chi connectivity index (χ2v) is 16.3. The van der Waals surface area contributed by atoms with Gasteiger partial charge in [0.15, 0.2) is 0 Å². The Balaban J connectivity index is 1.42. The van der Waals surface area contributed by atoms with Crippen LogP contribution in [0.4, 0.5) is 19.0 Å². The van der Waals surface area contributed by atoms with E-state index in [1.165, 1.54) is 18.5 Å². The van der Waals surface area contributed by atoms with Gasteiger partial charge in [0.1, 0.15) is 33.4 Å². The van der Waals surface area contributed by atoms with E-state index >= 15 is 13.2 Å². The number of alkyl halides is 2. The smallest absolute Gasteiger partial charge is 0.278 e. The molecule has 2 atom stereocenters. The number of benzene rings is 1. The number of halogens is 3. The Morgan fingerprint density at radius 1 is 1.00 bits per heavy atom. The van der Waals surface area contributed by atoms with Gasteiger partial charge in [-0.25, -0.2) is 31.6 Å². The number of nitrogens with one attached hydrogen (secondary N) is 1. The third-order valence-electron chi connectivity index (χ3n) is 10.4. The fourth-order valence-corrected chi connectivity index (χ4v) is 9.12. The number of fused-ring (bicyclic) bond motifs is 9. The zero-order valence-corrected chi connectivity index (χ0v) is 27.8. The van der Waals surface area contributed by atoms with Gasteiger partial charge in [0.2, 0.25) is 0 Å². The second kappa shape index (κ2) is 13.1. The topological polar surface area (TPSA) is 117 Å². The molecule has 13 heteroatoms. The Hall–Kier alpha value is -3.03. The van der Waals surface area contributed by atoms with Gasteiger partial charge in [-0.1, -0.05) is 31.0 Å². The van der Waals surface area contributed by atoms with Crippen LogP contribution >= 0.6 is 0 Å². The summed E-state index contributed by atoms with van der Waals surface area (Å²) in [5.41, 5.74) is -0.931. The average Bonchev–Trinajstić information content (AvgIpc) is 3.01. The van der Waals surface area contributed by atoms with E-state index in [1.54, 1.807) is 24.5 Å². The van der Waals surface area contributed by atoms with Crippen molar-refractivity contribution in [1.29, 1.82) is 0 Å². The molecule has 4 aliphatic rings. The molecule has 2 N–H and O–H groups in total. The van der Waals surface area contributed by atoms with Crippen molar-refractivity contribution in [2.24, 2.45) is 5.92 Å². The summed E-state index contributed by atoms with van der Waals surface area (Å²) in [6.45, 7) is 4.96. The highest BCUT2D eigenvalue weighted by Gasteiger charge is 2.45. The van der Waals surface area contributed by atoms with Gasteiger partial charge in [-0.3, -0.25) is 9.36 Å². The fraction of sp³-hybridized carbons (Fsp3) is 0.618. The molecule has 0 radical (unpaired) electrons. The van der Waals surface area contributed by atoms with Crippen LogP contribution in [0, 0.1) is 11.7 Å².